The minimum Gasteiger partial charge on any atom is -0.365 e. The van der Waals surface area contributed by atoms with Crippen molar-refractivity contribution in [3.05, 3.63) is 28.5 Å². The zero-order valence-electron chi connectivity index (χ0n) is 9.37. The highest BCUT2D eigenvalue weighted by atomic mass is 79.9. The lowest BCUT2D eigenvalue weighted by Gasteiger charge is -2.12. The van der Waals surface area contributed by atoms with E-state index in [1.807, 2.05) is 6.92 Å². The van der Waals surface area contributed by atoms with Crippen LogP contribution < -0.4 is 5.32 Å². The first-order chi connectivity index (χ1) is 8.06. The van der Waals surface area contributed by atoms with Crippen LogP contribution in [-0.2, 0) is 9.53 Å². The van der Waals surface area contributed by atoms with Gasteiger partial charge in [-0.3, -0.25) is 4.79 Å². The van der Waals surface area contributed by atoms with E-state index in [2.05, 4.69) is 21.2 Å². The third kappa shape index (κ3) is 3.04. The number of anilines is 1. The minimum absolute atomic E-state index is 0.113. The topological polar surface area (TPSA) is 38.3 Å². The van der Waals surface area contributed by atoms with Crippen LogP contribution in [0.25, 0.3) is 0 Å². The van der Waals surface area contributed by atoms with Gasteiger partial charge in [0.2, 0.25) is 0 Å². The van der Waals surface area contributed by atoms with Crippen molar-refractivity contribution >= 4 is 27.5 Å². The van der Waals surface area contributed by atoms with E-state index >= 15 is 0 Å². The molecule has 3 nitrogen and oxygen atoms in total. The first-order valence-electron chi connectivity index (χ1n) is 5.47. The molecule has 0 spiro atoms. The second kappa shape index (κ2) is 5.14. The first kappa shape index (κ1) is 12.5. The van der Waals surface area contributed by atoms with Crippen LogP contribution in [-0.4, -0.2) is 18.1 Å². The van der Waals surface area contributed by atoms with Crippen LogP contribution in [0.4, 0.5) is 10.1 Å². The smallest absolute Gasteiger partial charge is 0.253 e. The van der Waals surface area contributed by atoms with Crippen molar-refractivity contribution in [2.24, 2.45) is 0 Å². The monoisotopic (exact) mass is 301 g/mol. The van der Waals surface area contributed by atoms with Crippen LogP contribution in [0.1, 0.15) is 19.8 Å². The minimum atomic E-state index is -0.430. The van der Waals surface area contributed by atoms with Gasteiger partial charge in [-0.2, -0.15) is 0 Å². The number of hydrogen-bond donors (Lipinski definition) is 1. The summed E-state index contributed by atoms with van der Waals surface area (Å²) in [5, 5.41) is 2.66. The van der Waals surface area contributed by atoms with Gasteiger partial charge in [-0.05, 0) is 53.9 Å². The molecule has 1 aromatic rings. The zero-order chi connectivity index (χ0) is 12.4. The van der Waals surface area contributed by atoms with Crippen LogP contribution in [0.2, 0.25) is 0 Å². The molecule has 1 saturated heterocycles. The lowest BCUT2D eigenvalue weighted by molar-refractivity contribution is -0.126. The Kier molecular flexibility index (Phi) is 3.79. The van der Waals surface area contributed by atoms with Crippen LogP contribution in [0.5, 0.6) is 0 Å². The van der Waals surface area contributed by atoms with Gasteiger partial charge in [0.25, 0.3) is 5.91 Å². The van der Waals surface area contributed by atoms with Crippen molar-refractivity contribution in [2.45, 2.75) is 32.0 Å². The van der Waals surface area contributed by atoms with Gasteiger partial charge in [-0.1, -0.05) is 0 Å². The highest BCUT2D eigenvalue weighted by molar-refractivity contribution is 9.10. The fourth-order valence-corrected chi connectivity index (χ4v) is 2.15. The van der Waals surface area contributed by atoms with Gasteiger partial charge in [0.05, 0.1) is 11.8 Å². The Morgan fingerprint density at radius 2 is 2.29 bits per heavy atom. The first-order valence-corrected chi connectivity index (χ1v) is 6.27. The normalized spacial score (nSPS) is 23.7. The van der Waals surface area contributed by atoms with Gasteiger partial charge in [-0.15, -0.1) is 0 Å². The molecule has 0 saturated carbocycles. The number of rotatable bonds is 2. The summed E-state index contributed by atoms with van der Waals surface area (Å²) in [7, 11) is 0. The molecule has 2 unspecified atom stereocenters. The number of amides is 1. The number of hydrogen-bond acceptors (Lipinski definition) is 2. The molecule has 1 aliphatic heterocycles. The highest BCUT2D eigenvalue weighted by Gasteiger charge is 2.28. The summed E-state index contributed by atoms with van der Waals surface area (Å²) in [5.41, 5.74) is 0.429. The van der Waals surface area contributed by atoms with Crippen molar-refractivity contribution in [2.75, 3.05) is 5.32 Å². The number of halogens is 2. The Morgan fingerprint density at radius 3 is 2.94 bits per heavy atom. The van der Waals surface area contributed by atoms with E-state index in [0.29, 0.717) is 16.6 Å². The molecule has 0 radical (unpaired) electrons. The third-order valence-electron chi connectivity index (χ3n) is 2.71. The van der Waals surface area contributed by atoms with Crippen LogP contribution >= 0.6 is 15.9 Å². The predicted molar refractivity (Wildman–Crippen MR) is 66.3 cm³/mol. The highest BCUT2D eigenvalue weighted by Crippen LogP contribution is 2.25. The van der Waals surface area contributed by atoms with E-state index in [1.54, 1.807) is 6.07 Å². The summed E-state index contributed by atoms with van der Waals surface area (Å²) in [6, 6.07) is 4.16. The van der Waals surface area contributed by atoms with E-state index in [9.17, 15) is 9.18 Å². The molecule has 2 atom stereocenters. The molecule has 2 rings (SSSR count). The van der Waals surface area contributed by atoms with E-state index in [1.165, 1.54) is 12.1 Å². The van der Waals surface area contributed by atoms with Gasteiger partial charge >= 0.3 is 0 Å². The van der Waals surface area contributed by atoms with E-state index in [0.717, 1.165) is 6.42 Å². The Balaban J connectivity index is 2.05. The van der Waals surface area contributed by atoms with Gasteiger partial charge in [0, 0.05) is 4.47 Å². The summed E-state index contributed by atoms with van der Waals surface area (Å²) in [6.07, 6.45) is 1.27. The Hall–Kier alpha value is -0.940. The van der Waals surface area contributed by atoms with Crippen molar-refractivity contribution < 1.29 is 13.9 Å². The predicted octanol–water partition coefficient (Wildman–Crippen LogP) is 3.09. The quantitative estimate of drug-likeness (QED) is 0.911. The third-order valence-corrected chi connectivity index (χ3v) is 3.40. The second-order valence-corrected chi connectivity index (χ2v) is 4.98. The average molecular weight is 302 g/mol. The molecule has 92 valence electrons. The van der Waals surface area contributed by atoms with Gasteiger partial charge in [0.15, 0.2) is 0 Å². The molecule has 5 heteroatoms. The van der Waals surface area contributed by atoms with Crippen LogP contribution in [0.15, 0.2) is 22.7 Å². The molecule has 1 N–H and O–H groups in total. The van der Waals surface area contributed by atoms with E-state index in [-0.39, 0.29) is 17.8 Å². The zero-order valence-corrected chi connectivity index (χ0v) is 11.0. The van der Waals surface area contributed by atoms with Crippen molar-refractivity contribution in [1.82, 2.24) is 0 Å². The van der Waals surface area contributed by atoms with Crippen LogP contribution in [0, 0.1) is 5.82 Å². The van der Waals surface area contributed by atoms with Crippen LogP contribution in [0.3, 0.4) is 0 Å². The summed E-state index contributed by atoms with van der Waals surface area (Å²) < 4.78 is 19.1. The standard InChI is InChI=1S/C12H13BrFNO2/c1-7-2-5-11(17-7)12(16)15-10-6-8(14)3-4-9(10)13/h3-4,6-7,11H,2,5H2,1H3,(H,15,16). The summed E-state index contributed by atoms with van der Waals surface area (Å²) in [6.45, 7) is 1.94. The molecule has 0 aromatic heterocycles. The number of ether oxygens (including phenoxy) is 1. The average Bonchev–Trinajstić information content (AvgIpc) is 2.70. The Bertz CT molecular complexity index is 439. The molecule has 1 amide bonds. The molecular weight excluding hydrogens is 289 g/mol. The summed E-state index contributed by atoms with van der Waals surface area (Å²) >= 11 is 3.26. The molecule has 1 fully saturated rings. The fraction of sp³-hybridized carbons (Fsp3) is 0.417. The largest absolute Gasteiger partial charge is 0.365 e. The maximum absolute atomic E-state index is 13.0. The van der Waals surface area contributed by atoms with Crippen molar-refractivity contribution in [1.29, 1.82) is 0 Å². The Morgan fingerprint density at radius 1 is 1.53 bits per heavy atom. The lowest BCUT2D eigenvalue weighted by Crippen LogP contribution is -2.27. The number of nitrogens with one attached hydrogen (secondary N) is 1. The SMILES string of the molecule is CC1CCC(C(=O)Nc2cc(F)ccc2Br)O1. The molecule has 0 aliphatic carbocycles. The summed E-state index contributed by atoms with van der Waals surface area (Å²) in [4.78, 5) is 11.8. The van der Waals surface area contributed by atoms with Crippen molar-refractivity contribution in [3.8, 4) is 0 Å². The van der Waals surface area contributed by atoms with Gasteiger partial charge < -0.3 is 10.1 Å². The lowest BCUT2D eigenvalue weighted by atomic mass is 10.2. The Labute approximate surface area is 107 Å². The van der Waals surface area contributed by atoms with E-state index in [4.69, 9.17) is 4.74 Å². The number of benzene rings is 1. The molecule has 1 aromatic carbocycles. The number of carbonyl (C=O) groups is 1. The summed E-state index contributed by atoms with van der Waals surface area (Å²) in [5.74, 6) is -0.607. The maximum atomic E-state index is 13.0. The molecular formula is C12H13BrFNO2. The maximum Gasteiger partial charge on any atom is 0.253 e. The van der Waals surface area contributed by atoms with Gasteiger partial charge in [-0.25, -0.2) is 4.39 Å². The fourth-order valence-electron chi connectivity index (χ4n) is 1.80. The van der Waals surface area contributed by atoms with Gasteiger partial charge in [0.1, 0.15) is 11.9 Å². The molecule has 1 aliphatic rings. The molecule has 1 heterocycles. The number of carbonyl (C=O) groups excluding carboxylic acids is 1. The second-order valence-electron chi connectivity index (χ2n) is 4.13. The van der Waals surface area contributed by atoms with E-state index < -0.39 is 6.10 Å². The molecule has 17 heavy (non-hydrogen) atoms. The molecule has 0 bridgehead atoms. The van der Waals surface area contributed by atoms with Crippen molar-refractivity contribution in [3.63, 3.8) is 0 Å².